The monoisotopic (exact) mass is 300 g/mol. The standard InChI is InChI=1S/C17H17ClN2O/c1-12(2)14-9-7-13(8-10-14)11-19-20-17(21)15-5-3-4-6-16(15)18/h3-12H,1-2H3,(H,20,21)/b19-11-. The number of halogens is 1. The Morgan fingerprint density at radius 2 is 1.81 bits per heavy atom. The van der Waals surface area contributed by atoms with E-state index in [9.17, 15) is 4.79 Å². The zero-order valence-corrected chi connectivity index (χ0v) is 12.8. The van der Waals surface area contributed by atoms with Crippen LogP contribution in [0.3, 0.4) is 0 Å². The number of hydrogen-bond donors (Lipinski definition) is 1. The van der Waals surface area contributed by atoms with E-state index in [4.69, 9.17) is 11.6 Å². The van der Waals surface area contributed by atoms with Gasteiger partial charge in [0, 0.05) is 0 Å². The first kappa shape index (κ1) is 15.3. The van der Waals surface area contributed by atoms with Gasteiger partial charge in [-0.2, -0.15) is 5.10 Å². The molecule has 0 bridgehead atoms. The van der Waals surface area contributed by atoms with Gasteiger partial charge in [0.25, 0.3) is 5.91 Å². The van der Waals surface area contributed by atoms with E-state index >= 15 is 0 Å². The van der Waals surface area contributed by atoms with Crippen LogP contribution in [0.15, 0.2) is 53.6 Å². The van der Waals surface area contributed by atoms with Gasteiger partial charge in [-0.15, -0.1) is 0 Å². The summed E-state index contributed by atoms with van der Waals surface area (Å²) in [6.45, 7) is 4.29. The summed E-state index contributed by atoms with van der Waals surface area (Å²) in [4.78, 5) is 11.9. The van der Waals surface area contributed by atoms with Gasteiger partial charge in [-0.25, -0.2) is 5.43 Å². The molecule has 21 heavy (non-hydrogen) atoms. The average Bonchev–Trinajstić information content (AvgIpc) is 2.48. The van der Waals surface area contributed by atoms with Crippen LogP contribution >= 0.6 is 11.6 Å². The highest BCUT2D eigenvalue weighted by molar-refractivity contribution is 6.33. The molecule has 0 spiro atoms. The highest BCUT2D eigenvalue weighted by Gasteiger charge is 2.07. The Balaban J connectivity index is 1.99. The van der Waals surface area contributed by atoms with Gasteiger partial charge >= 0.3 is 0 Å². The topological polar surface area (TPSA) is 41.5 Å². The van der Waals surface area contributed by atoms with Crippen LogP contribution in [0.1, 0.15) is 41.3 Å². The summed E-state index contributed by atoms with van der Waals surface area (Å²) >= 11 is 5.95. The Bertz CT molecular complexity index is 648. The summed E-state index contributed by atoms with van der Waals surface area (Å²) in [6.07, 6.45) is 1.61. The fourth-order valence-corrected chi connectivity index (χ4v) is 2.06. The minimum atomic E-state index is -0.323. The summed E-state index contributed by atoms with van der Waals surface area (Å²) in [5, 5.41) is 4.36. The third kappa shape index (κ3) is 4.17. The van der Waals surface area contributed by atoms with Gasteiger partial charge in [-0.3, -0.25) is 4.79 Å². The number of carbonyl (C=O) groups is 1. The highest BCUT2D eigenvalue weighted by atomic mass is 35.5. The Morgan fingerprint density at radius 3 is 2.43 bits per heavy atom. The molecule has 0 radical (unpaired) electrons. The Morgan fingerprint density at radius 1 is 1.14 bits per heavy atom. The second-order valence-electron chi connectivity index (χ2n) is 5.00. The number of rotatable bonds is 4. The lowest BCUT2D eigenvalue weighted by Crippen LogP contribution is -2.17. The minimum Gasteiger partial charge on any atom is -0.267 e. The summed E-state index contributed by atoms with van der Waals surface area (Å²) in [5.41, 5.74) is 5.08. The van der Waals surface area contributed by atoms with E-state index in [0.29, 0.717) is 16.5 Å². The lowest BCUT2D eigenvalue weighted by Gasteiger charge is -2.04. The Hall–Kier alpha value is -2.13. The number of hydrogen-bond acceptors (Lipinski definition) is 2. The van der Waals surface area contributed by atoms with E-state index in [-0.39, 0.29) is 5.91 Å². The van der Waals surface area contributed by atoms with Crippen molar-refractivity contribution in [1.82, 2.24) is 5.43 Å². The van der Waals surface area contributed by atoms with Gasteiger partial charge in [0.1, 0.15) is 0 Å². The van der Waals surface area contributed by atoms with Crippen LogP contribution in [0.25, 0.3) is 0 Å². The van der Waals surface area contributed by atoms with Crippen LogP contribution in [0, 0.1) is 0 Å². The maximum Gasteiger partial charge on any atom is 0.272 e. The molecule has 0 heterocycles. The summed E-state index contributed by atoms with van der Waals surface area (Å²) in [5.74, 6) is 0.173. The molecule has 0 aliphatic heterocycles. The normalized spacial score (nSPS) is 11.0. The SMILES string of the molecule is CC(C)c1ccc(/C=N\NC(=O)c2ccccc2Cl)cc1. The van der Waals surface area contributed by atoms with E-state index in [1.165, 1.54) is 5.56 Å². The van der Waals surface area contributed by atoms with Crippen molar-refractivity contribution < 1.29 is 4.79 Å². The molecule has 4 heteroatoms. The Kier molecular flexibility index (Phi) is 5.12. The molecule has 0 saturated carbocycles. The Labute approximate surface area is 129 Å². The summed E-state index contributed by atoms with van der Waals surface area (Å²) < 4.78 is 0. The van der Waals surface area contributed by atoms with Crippen molar-refractivity contribution in [2.45, 2.75) is 19.8 Å². The third-order valence-electron chi connectivity index (χ3n) is 3.10. The van der Waals surface area contributed by atoms with Crippen LogP contribution in [0.2, 0.25) is 5.02 Å². The predicted molar refractivity (Wildman–Crippen MR) is 87.0 cm³/mol. The first-order valence-electron chi connectivity index (χ1n) is 6.76. The summed E-state index contributed by atoms with van der Waals surface area (Å²) in [6, 6.07) is 14.9. The molecular formula is C17H17ClN2O. The van der Waals surface area contributed by atoms with Gasteiger partial charge in [-0.05, 0) is 29.2 Å². The molecule has 3 nitrogen and oxygen atoms in total. The predicted octanol–water partition coefficient (Wildman–Crippen LogP) is 4.23. The molecule has 0 aliphatic carbocycles. The molecule has 0 aromatic heterocycles. The zero-order chi connectivity index (χ0) is 15.2. The summed E-state index contributed by atoms with van der Waals surface area (Å²) in [7, 11) is 0. The molecule has 1 amide bonds. The van der Waals surface area contributed by atoms with Crippen LogP contribution in [-0.4, -0.2) is 12.1 Å². The van der Waals surface area contributed by atoms with Gasteiger partial charge in [0.2, 0.25) is 0 Å². The smallest absolute Gasteiger partial charge is 0.267 e. The largest absolute Gasteiger partial charge is 0.272 e. The first-order valence-corrected chi connectivity index (χ1v) is 7.13. The number of hydrazone groups is 1. The van der Waals surface area contributed by atoms with Gasteiger partial charge in [0.15, 0.2) is 0 Å². The van der Waals surface area contributed by atoms with Crippen LogP contribution in [-0.2, 0) is 0 Å². The quantitative estimate of drug-likeness (QED) is 0.666. The molecule has 2 aromatic rings. The number of nitrogens with zero attached hydrogens (tertiary/aromatic N) is 1. The average molecular weight is 301 g/mol. The maximum atomic E-state index is 11.9. The molecule has 2 rings (SSSR count). The highest BCUT2D eigenvalue weighted by Crippen LogP contribution is 2.15. The lowest BCUT2D eigenvalue weighted by molar-refractivity contribution is 0.0955. The lowest BCUT2D eigenvalue weighted by atomic mass is 10.0. The third-order valence-corrected chi connectivity index (χ3v) is 3.43. The van der Waals surface area contributed by atoms with Crippen molar-refractivity contribution in [2.24, 2.45) is 5.10 Å². The van der Waals surface area contributed by atoms with Crippen LogP contribution in [0.4, 0.5) is 0 Å². The molecule has 1 N–H and O–H groups in total. The van der Waals surface area contributed by atoms with Gasteiger partial charge < -0.3 is 0 Å². The van der Waals surface area contributed by atoms with E-state index in [0.717, 1.165) is 5.56 Å². The zero-order valence-electron chi connectivity index (χ0n) is 12.0. The van der Waals surface area contributed by atoms with Crippen molar-refractivity contribution >= 4 is 23.7 Å². The van der Waals surface area contributed by atoms with Gasteiger partial charge in [0.05, 0.1) is 16.8 Å². The van der Waals surface area contributed by atoms with E-state index < -0.39 is 0 Å². The van der Waals surface area contributed by atoms with E-state index in [2.05, 4.69) is 36.5 Å². The minimum absolute atomic E-state index is 0.323. The molecular weight excluding hydrogens is 284 g/mol. The molecule has 108 valence electrons. The maximum absolute atomic E-state index is 11.9. The van der Waals surface area contributed by atoms with E-state index in [1.54, 1.807) is 30.5 Å². The number of nitrogens with one attached hydrogen (secondary N) is 1. The van der Waals surface area contributed by atoms with Crippen LogP contribution in [0.5, 0.6) is 0 Å². The van der Waals surface area contributed by atoms with E-state index in [1.807, 2.05) is 12.1 Å². The number of benzene rings is 2. The van der Waals surface area contributed by atoms with Crippen molar-refractivity contribution in [2.75, 3.05) is 0 Å². The molecule has 2 aromatic carbocycles. The molecule has 0 saturated heterocycles. The first-order chi connectivity index (χ1) is 10.1. The van der Waals surface area contributed by atoms with Gasteiger partial charge in [-0.1, -0.05) is 61.8 Å². The van der Waals surface area contributed by atoms with Crippen molar-refractivity contribution in [1.29, 1.82) is 0 Å². The number of carbonyl (C=O) groups excluding carboxylic acids is 1. The molecule has 0 atom stereocenters. The van der Waals surface area contributed by atoms with Crippen molar-refractivity contribution in [3.8, 4) is 0 Å². The fraction of sp³-hybridized carbons (Fsp3) is 0.176. The number of amides is 1. The van der Waals surface area contributed by atoms with Crippen molar-refractivity contribution in [3.05, 3.63) is 70.2 Å². The molecule has 0 unspecified atom stereocenters. The van der Waals surface area contributed by atoms with Crippen molar-refractivity contribution in [3.63, 3.8) is 0 Å². The van der Waals surface area contributed by atoms with Crippen LogP contribution < -0.4 is 5.43 Å². The second kappa shape index (κ2) is 7.04. The molecule has 0 fully saturated rings. The fourth-order valence-electron chi connectivity index (χ4n) is 1.84. The second-order valence-corrected chi connectivity index (χ2v) is 5.41. The molecule has 0 aliphatic rings.